The topological polar surface area (TPSA) is 104 Å². The van der Waals surface area contributed by atoms with Crippen molar-refractivity contribution in [3.63, 3.8) is 0 Å². The van der Waals surface area contributed by atoms with Gasteiger partial charge in [-0.1, -0.05) is 18.8 Å². The van der Waals surface area contributed by atoms with E-state index >= 15 is 0 Å². The summed E-state index contributed by atoms with van der Waals surface area (Å²) in [5, 5.41) is 13.2. The fraction of sp³-hybridized carbons (Fsp3) is 0.500. The Morgan fingerprint density at radius 2 is 2.17 bits per heavy atom. The number of unbranched alkanes of at least 4 members (excludes halogenated alkanes) is 1. The van der Waals surface area contributed by atoms with E-state index in [0.717, 1.165) is 35.6 Å². The molecule has 2 aromatic rings. The largest absolute Gasteiger partial charge is 0.369 e. The molecule has 0 spiro atoms. The number of hydrogen-bond acceptors (Lipinski definition) is 8. The van der Waals surface area contributed by atoms with Gasteiger partial charge in [-0.15, -0.1) is 0 Å². The predicted molar refractivity (Wildman–Crippen MR) is 119 cm³/mol. The molecule has 0 fully saturated rings. The zero-order chi connectivity index (χ0) is 21.1. The summed E-state index contributed by atoms with van der Waals surface area (Å²) in [6, 6.07) is 1.77. The van der Waals surface area contributed by atoms with E-state index in [2.05, 4.69) is 54.4 Å². The first-order valence-electron chi connectivity index (χ1n) is 9.78. The highest BCUT2D eigenvalue weighted by atomic mass is 32.1. The molecule has 0 aliphatic rings. The van der Waals surface area contributed by atoms with Gasteiger partial charge in [0, 0.05) is 19.5 Å². The maximum Gasteiger partial charge on any atom is 0.236 e. The lowest BCUT2D eigenvalue weighted by Crippen LogP contribution is -2.40. The van der Waals surface area contributed by atoms with Crippen LogP contribution in [0.3, 0.4) is 0 Å². The molecule has 2 aromatic heterocycles. The highest BCUT2D eigenvalue weighted by Crippen LogP contribution is 2.21. The van der Waals surface area contributed by atoms with Crippen molar-refractivity contribution in [2.24, 2.45) is 0 Å². The van der Waals surface area contributed by atoms with Gasteiger partial charge in [-0.2, -0.15) is 9.36 Å². The molecule has 0 aliphatic carbocycles. The van der Waals surface area contributed by atoms with E-state index in [4.69, 9.17) is 0 Å². The first kappa shape index (κ1) is 22.6. The molecule has 4 N–H and O–H groups in total. The van der Waals surface area contributed by atoms with Crippen LogP contribution in [0.15, 0.2) is 12.3 Å². The molecule has 9 heteroatoms. The van der Waals surface area contributed by atoms with Gasteiger partial charge in [-0.25, -0.2) is 4.98 Å². The van der Waals surface area contributed by atoms with Gasteiger partial charge in [0.25, 0.3) is 0 Å². The van der Waals surface area contributed by atoms with Crippen LogP contribution >= 0.6 is 11.5 Å². The smallest absolute Gasteiger partial charge is 0.236 e. The van der Waals surface area contributed by atoms with E-state index in [9.17, 15) is 4.79 Å². The Labute approximate surface area is 176 Å². The number of hydrogen-bond donors (Lipinski definition) is 4. The van der Waals surface area contributed by atoms with Crippen molar-refractivity contribution in [2.75, 3.05) is 30.8 Å². The summed E-state index contributed by atoms with van der Waals surface area (Å²) in [5.41, 5.74) is 1.72. The lowest BCUT2D eigenvalue weighted by molar-refractivity contribution is -0.122. The molecule has 0 aromatic carbocycles. The van der Waals surface area contributed by atoms with Crippen LogP contribution < -0.4 is 21.3 Å². The minimum atomic E-state index is -0.188. The molecule has 1 atom stereocenters. The minimum absolute atomic E-state index is 0.000802. The van der Waals surface area contributed by atoms with E-state index in [-0.39, 0.29) is 11.9 Å². The van der Waals surface area contributed by atoms with Crippen molar-refractivity contribution in [1.29, 1.82) is 0 Å². The number of aromatic nitrogens is 3. The van der Waals surface area contributed by atoms with E-state index < -0.39 is 0 Å². The van der Waals surface area contributed by atoms with Crippen LogP contribution in [-0.4, -0.2) is 46.4 Å². The first-order valence-corrected chi connectivity index (χ1v) is 10.6. The van der Waals surface area contributed by atoms with E-state index in [1.807, 2.05) is 19.9 Å². The van der Waals surface area contributed by atoms with Crippen molar-refractivity contribution in [1.82, 2.24) is 25.0 Å². The molecule has 1 amide bonds. The summed E-state index contributed by atoms with van der Waals surface area (Å²) < 4.78 is 4.25. The van der Waals surface area contributed by atoms with Gasteiger partial charge >= 0.3 is 0 Å². The number of carbonyl (C=O) groups excluding carboxylic acids is 1. The number of anilines is 3. The summed E-state index contributed by atoms with van der Waals surface area (Å²) in [7, 11) is 1.76. The third-order valence-corrected chi connectivity index (χ3v) is 4.82. The standard InChI is InChI=1S/C20H29N7OS/c1-5-10-22-18-16(9-7-6-8-11-23-19(28)15(3)21-4)13-24-20(26-18)25-17-12-14(2)27-29-17/h12-13,15,21H,5-6,8,10-11H2,1-4H3,(H,23,28)(H2,22,24,25,26)/t15-/m0/s1. The van der Waals surface area contributed by atoms with E-state index in [1.54, 1.807) is 13.2 Å². The second kappa shape index (κ2) is 12.0. The van der Waals surface area contributed by atoms with Crippen LogP contribution in [0, 0.1) is 18.8 Å². The van der Waals surface area contributed by atoms with E-state index in [1.165, 1.54) is 11.5 Å². The molecule has 8 nitrogen and oxygen atoms in total. The minimum Gasteiger partial charge on any atom is -0.369 e. The van der Waals surface area contributed by atoms with Crippen molar-refractivity contribution in [2.45, 2.75) is 46.1 Å². The van der Waals surface area contributed by atoms with Crippen LogP contribution in [0.4, 0.5) is 16.8 Å². The summed E-state index contributed by atoms with van der Waals surface area (Å²) in [6.45, 7) is 7.29. The zero-order valence-electron chi connectivity index (χ0n) is 17.4. The fourth-order valence-electron chi connectivity index (χ4n) is 2.27. The third kappa shape index (κ3) is 7.68. The number of nitrogens with zero attached hydrogens (tertiary/aromatic N) is 3. The highest BCUT2D eigenvalue weighted by Gasteiger charge is 2.08. The van der Waals surface area contributed by atoms with Crippen LogP contribution in [-0.2, 0) is 4.79 Å². The van der Waals surface area contributed by atoms with Gasteiger partial charge in [0.1, 0.15) is 10.8 Å². The molecule has 29 heavy (non-hydrogen) atoms. The number of nitrogens with one attached hydrogen (secondary N) is 4. The van der Waals surface area contributed by atoms with Crippen molar-refractivity contribution in [3.8, 4) is 11.8 Å². The second-order valence-electron chi connectivity index (χ2n) is 6.55. The van der Waals surface area contributed by atoms with Gasteiger partial charge < -0.3 is 21.3 Å². The molecule has 2 heterocycles. The molecule has 0 aliphatic heterocycles. The molecule has 0 saturated heterocycles. The molecule has 156 valence electrons. The van der Waals surface area contributed by atoms with Gasteiger partial charge in [0.15, 0.2) is 0 Å². The maximum absolute atomic E-state index is 11.7. The average molecular weight is 416 g/mol. The molecule has 0 unspecified atom stereocenters. The van der Waals surface area contributed by atoms with Crippen molar-refractivity contribution in [3.05, 3.63) is 23.5 Å². The Bertz CT molecular complexity index is 856. The van der Waals surface area contributed by atoms with E-state index in [0.29, 0.717) is 24.7 Å². The average Bonchev–Trinajstić information content (AvgIpc) is 3.13. The Balaban J connectivity index is 1.95. The molecule has 0 radical (unpaired) electrons. The zero-order valence-corrected chi connectivity index (χ0v) is 18.2. The molecule has 0 saturated carbocycles. The normalized spacial score (nSPS) is 11.3. The quantitative estimate of drug-likeness (QED) is 0.349. The monoisotopic (exact) mass is 415 g/mol. The summed E-state index contributed by atoms with van der Waals surface area (Å²) in [5.74, 6) is 7.51. The number of carbonyl (C=O) groups is 1. The van der Waals surface area contributed by atoms with Crippen LogP contribution in [0.1, 0.15) is 44.4 Å². The van der Waals surface area contributed by atoms with Crippen molar-refractivity contribution < 1.29 is 4.79 Å². The fourth-order valence-corrected chi connectivity index (χ4v) is 2.93. The summed E-state index contributed by atoms with van der Waals surface area (Å²) >= 11 is 1.38. The Hall–Kier alpha value is -2.70. The molecular formula is C20H29N7OS. The predicted octanol–water partition coefficient (Wildman–Crippen LogP) is 2.66. The number of amides is 1. The van der Waals surface area contributed by atoms with Crippen LogP contribution in [0.5, 0.6) is 0 Å². The SMILES string of the molecule is CCCNc1nc(Nc2cc(C)ns2)ncc1C#CCCCNC(=O)[C@H](C)NC. The van der Waals surface area contributed by atoms with Gasteiger partial charge in [-0.3, -0.25) is 4.79 Å². The second-order valence-corrected chi connectivity index (χ2v) is 7.35. The number of rotatable bonds is 10. The van der Waals surface area contributed by atoms with Gasteiger partial charge in [0.2, 0.25) is 11.9 Å². The lowest BCUT2D eigenvalue weighted by atomic mass is 10.2. The van der Waals surface area contributed by atoms with Crippen LogP contribution in [0.25, 0.3) is 0 Å². The number of aryl methyl sites for hydroxylation is 1. The van der Waals surface area contributed by atoms with Gasteiger partial charge in [-0.05, 0) is 51.3 Å². The van der Waals surface area contributed by atoms with Gasteiger partial charge in [0.05, 0.1) is 23.5 Å². The molecule has 0 bridgehead atoms. The summed E-state index contributed by atoms with van der Waals surface area (Å²) in [4.78, 5) is 20.6. The Kier molecular flexibility index (Phi) is 9.34. The third-order valence-electron chi connectivity index (χ3n) is 4.02. The summed E-state index contributed by atoms with van der Waals surface area (Å²) in [6.07, 6.45) is 4.18. The lowest BCUT2D eigenvalue weighted by Gasteiger charge is -2.10. The van der Waals surface area contributed by atoms with Crippen LogP contribution in [0.2, 0.25) is 0 Å². The first-order chi connectivity index (χ1) is 14.0. The molecule has 2 rings (SSSR count). The molecular weight excluding hydrogens is 386 g/mol. The maximum atomic E-state index is 11.7. The Morgan fingerprint density at radius 1 is 1.34 bits per heavy atom. The number of likely N-dealkylation sites (N-methyl/N-ethyl adjacent to an activating group) is 1. The van der Waals surface area contributed by atoms with Crippen molar-refractivity contribution >= 4 is 34.2 Å². The highest BCUT2D eigenvalue weighted by molar-refractivity contribution is 7.10. The Morgan fingerprint density at radius 3 is 2.86 bits per heavy atom.